The van der Waals surface area contributed by atoms with Gasteiger partial charge in [-0.25, -0.2) is 12.7 Å². The van der Waals surface area contributed by atoms with Gasteiger partial charge in [0.15, 0.2) is 0 Å². The van der Waals surface area contributed by atoms with E-state index in [1.54, 1.807) is 19.2 Å². The van der Waals surface area contributed by atoms with Gasteiger partial charge in [-0.15, -0.1) is 0 Å². The fourth-order valence-electron chi connectivity index (χ4n) is 2.55. The summed E-state index contributed by atoms with van der Waals surface area (Å²) in [6.07, 6.45) is 0. The van der Waals surface area contributed by atoms with E-state index in [-0.39, 0.29) is 23.6 Å². The minimum Gasteiger partial charge on any atom is -0.496 e. The molecule has 0 aliphatic carbocycles. The molecule has 8 heteroatoms. The van der Waals surface area contributed by atoms with Crippen molar-refractivity contribution in [2.75, 3.05) is 40.2 Å². The van der Waals surface area contributed by atoms with Crippen molar-refractivity contribution in [3.8, 4) is 5.75 Å². The summed E-state index contributed by atoms with van der Waals surface area (Å²) in [5, 5.41) is 2.88. The number of methoxy groups -OCH3 is 1. The highest BCUT2D eigenvalue weighted by Gasteiger charge is 2.34. The number of carbonyl (C=O) groups excluding carboxylic acids is 1. The van der Waals surface area contributed by atoms with E-state index in [9.17, 15) is 13.2 Å². The van der Waals surface area contributed by atoms with E-state index in [0.717, 1.165) is 5.56 Å². The second-order valence-electron chi connectivity index (χ2n) is 6.12. The van der Waals surface area contributed by atoms with Gasteiger partial charge in [0, 0.05) is 25.6 Å². The molecule has 1 aliphatic heterocycles. The number of nitrogens with zero attached hydrogens (tertiary/aromatic N) is 1. The third kappa shape index (κ3) is 4.25. The van der Waals surface area contributed by atoms with E-state index < -0.39 is 10.0 Å². The van der Waals surface area contributed by atoms with E-state index >= 15 is 0 Å². The highest BCUT2D eigenvalue weighted by molar-refractivity contribution is 7.89. The Kier molecular flexibility index (Phi) is 5.84. The molecule has 0 aromatic heterocycles. The minimum atomic E-state index is -3.35. The van der Waals surface area contributed by atoms with Crippen LogP contribution in [0.3, 0.4) is 0 Å². The predicted molar refractivity (Wildman–Crippen MR) is 90.8 cm³/mol. The molecule has 2 atom stereocenters. The minimum absolute atomic E-state index is 0.0534. The standard InChI is InChI=1S/C16H24N2O5S/c1-11-5-6-12(7-15(11)22-4)16(19)17-14-9-23-8-13(14)10-24(20,21)18(2)3/h5-7,13-14H,8-10H2,1-4H3,(H,17,19). The molecule has 24 heavy (non-hydrogen) atoms. The monoisotopic (exact) mass is 356 g/mol. The zero-order valence-electron chi connectivity index (χ0n) is 14.4. The van der Waals surface area contributed by atoms with Crippen LogP contribution in [0.4, 0.5) is 0 Å². The van der Waals surface area contributed by atoms with Crippen molar-refractivity contribution in [3.05, 3.63) is 29.3 Å². The molecule has 0 radical (unpaired) electrons. The first-order chi connectivity index (χ1) is 11.2. The summed E-state index contributed by atoms with van der Waals surface area (Å²) < 4.78 is 35.9. The zero-order chi connectivity index (χ0) is 17.9. The number of carbonyl (C=O) groups is 1. The van der Waals surface area contributed by atoms with Gasteiger partial charge in [-0.1, -0.05) is 6.07 Å². The van der Waals surface area contributed by atoms with E-state index in [2.05, 4.69) is 5.32 Å². The fourth-order valence-corrected chi connectivity index (χ4v) is 3.72. The Balaban J connectivity index is 2.08. The Hall–Kier alpha value is -1.64. The van der Waals surface area contributed by atoms with Crippen LogP contribution in [0, 0.1) is 12.8 Å². The quantitative estimate of drug-likeness (QED) is 0.809. The van der Waals surface area contributed by atoms with Crippen LogP contribution in [-0.2, 0) is 14.8 Å². The SMILES string of the molecule is COc1cc(C(=O)NC2COCC2CS(=O)(=O)N(C)C)ccc1C. The van der Waals surface area contributed by atoms with Crippen LogP contribution in [-0.4, -0.2) is 64.8 Å². The Morgan fingerprint density at radius 1 is 1.38 bits per heavy atom. The van der Waals surface area contributed by atoms with Gasteiger partial charge in [-0.2, -0.15) is 0 Å². The first-order valence-corrected chi connectivity index (χ1v) is 9.29. The number of rotatable bonds is 6. The van der Waals surface area contributed by atoms with Crippen LogP contribution < -0.4 is 10.1 Å². The molecule has 134 valence electrons. The van der Waals surface area contributed by atoms with Crippen LogP contribution in [0.1, 0.15) is 15.9 Å². The number of amides is 1. The summed E-state index contributed by atoms with van der Waals surface area (Å²) in [6, 6.07) is 4.87. The molecule has 0 bridgehead atoms. The number of ether oxygens (including phenoxy) is 2. The molecule has 2 unspecified atom stereocenters. The molecule has 1 aromatic rings. The van der Waals surface area contributed by atoms with Gasteiger partial charge in [0.1, 0.15) is 5.75 Å². The maximum Gasteiger partial charge on any atom is 0.251 e. The Bertz CT molecular complexity index is 702. The number of sulfonamides is 1. The number of hydrogen-bond donors (Lipinski definition) is 1. The van der Waals surface area contributed by atoms with Crippen molar-refractivity contribution in [2.45, 2.75) is 13.0 Å². The van der Waals surface area contributed by atoms with E-state index in [4.69, 9.17) is 9.47 Å². The molecule has 0 spiro atoms. The molecule has 1 fully saturated rings. The van der Waals surface area contributed by atoms with Crippen molar-refractivity contribution in [3.63, 3.8) is 0 Å². The van der Waals surface area contributed by atoms with Crippen molar-refractivity contribution in [2.24, 2.45) is 5.92 Å². The molecule has 1 N–H and O–H groups in total. The highest BCUT2D eigenvalue weighted by Crippen LogP contribution is 2.21. The molecule has 1 aromatic carbocycles. The lowest BCUT2D eigenvalue weighted by atomic mass is 10.1. The molecule has 1 saturated heterocycles. The van der Waals surface area contributed by atoms with Crippen LogP contribution in [0.5, 0.6) is 5.75 Å². The van der Waals surface area contributed by atoms with Crippen molar-refractivity contribution < 1.29 is 22.7 Å². The summed E-state index contributed by atoms with van der Waals surface area (Å²) in [5.41, 5.74) is 1.41. The van der Waals surface area contributed by atoms with Crippen LogP contribution in [0.15, 0.2) is 18.2 Å². The molecule has 1 aliphatic rings. The van der Waals surface area contributed by atoms with Crippen LogP contribution >= 0.6 is 0 Å². The summed E-state index contributed by atoms with van der Waals surface area (Å²) in [4.78, 5) is 12.4. The first-order valence-electron chi connectivity index (χ1n) is 7.68. The first kappa shape index (κ1) is 18.7. The average Bonchev–Trinajstić information content (AvgIpc) is 2.93. The average molecular weight is 356 g/mol. The third-order valence-corrected chi connectivity index (χ3v) is 6.13. The molecular weight excluding hydrogens is 332 g/mol. The number of aryl methyl sites for hydroxylation is 1. The molecule has 2 rings (SSSR count). The normalized spacial score (nSPS) is 21.0. The molecule has 0 saturated carbocycles. The Morgan fingerprint density at radius 3 is 2.71 bits per heavy atom. The predicted octanol–water partition coefficient (Wildman–Crippen LogP) is 0.640. The highest BCUT2D eigenvalue weighted by atomic mass is 32.2. The van der Waals surface area contributed by atoms with Crippen molar-refractivity contribution in [1.29, 1.82) is 0 Å². The third-order valence-electron chi connectivity index (χ3n) is 4.17. The van der Waals surface area contributed by atoms with E-state index in [1.807, 2.05) is 13.0 Å². The lowest BCUT2D eigenvalue weighted by Gasteiger charge is -2.21. The summed E-state index contributed by atoms with van der Waals surface area (Å²) in [7, 11) is 1.20. The van der Waals surface area contributed by atoms with Gasteiger partial charge < -0.3 is 14.8 Å². The van der Waals surface area contributed by atoms with Gasteiger partial charge in [0.25, 0.3) is 5.91 Å². The van der Waals surface area contributed by atoms with E-state index in [0.29, 0.717) is 24.5 Å². The lowest BCUT2D eigenvalue weighted by molar-refractivity contribution is 0.0925. The van der Waals surface area contributed by atoms with Gasteiger partial charge >= 0.3 is 0 Å². The van der Waals surface area contributed by atoms with Crippen molar-refractivity contribution in [1.82, 2.24) is 9.62 Å². The maximum absolute atomic E-state index is 12.4. The smallest absolute Gasteiger partial charge is 0.251 e. The number of hydrogen-bond acceptors (Lipinski definition) is 5. The molecule has 1 heterocycles. The number of nitrogens with one attached hydrogen (secondary N) is 1. The Labute approximate surface area is 143 Å². The molecular formula is C16H24N2O5S. The Morgan fingerprint density at radius 2 is 2.08 bits per heavy atom. The summed E-state index contributed by atoms with van der Waals surface area (Å²) >= 11 is 0. The largest absolute Gasteiger partial charge is 0.496 e. The van der Waals surface area contributed by atoms with Gasteiger partial charge in [0.05, 0.1) is 32.1 Å². The fraction of sp³-hybridized carbons (Fsp3) is 0.562. The maximum atomic E-state index is 12.4. The van der Waals surface area contributed by atoms with Crippen molar-refractivity contribution >= 4 is 15.9 Å². The zero-order valence-corrected chi connectivity index (χ0v) is 15.2. The van der Waals surface area contributed by atoms with Gasteiger partial charge in [-0.3, -0.25) is 4.79 Å². The topological polar surface area (TPSA) is 84.9 Å². The van der Waals surface area contributed by atoms with Crippen LogP contribution in [0.25, 0.3) is 0 Å². The molecule has 1 amide bonds. The van der Waals surface area contributed by atoms with Gasteiger partial charge in [-0.05, 0) is 24.6 Å². The second kappa shape index (κ2) is 7.50. The number of benzene rings is 1. The summed E-state index contributed by atoms with van der Waals surface area (Å²) in [6.45, 7) is 2.52. The summed E-state index contributed by atoms with van der Waals surface area (Å²) in [5.74, 6) is 0.0455. The van der Waals surface area contributed by atoms with Crippen LogP contribution in [0.2, 0.25) is 0 Å². The second-order valence-corrected chi connectivity index (χ2v) is 8.35. The molecule has 7 nitrogen and oxygen atoms in total. The van der Waals surface area contributed by atoms with E-state index in [1.165, 1.54) is 18.4 Å². The lowest BCUT2D eigenvalue weighted by Crippen LogP contribution is -2.43. The van der Waals surface area contributed by atoms with Gasteiger partial charge in [0.2, 0.25) is 10.0 Å².